The normalized spacial score (nSPS) is 11.8. The van der Waals surface area contributed by atoms with Crippen molar-refractivity contribution in [2.24, 2.45) is 5.41 Å². The van der Waals surface area contributed by atoms with Crippen molar-refractivity contribution in [1.82, 2.24) is 36.3 Å². The lowest BCUT2D eigenvalue weighted by Gasteiger charge is -2.17. The van der Waals surface area contributed by atoms with Crippen molar-refractivity contribution in [2.75, 3.05) is 46.1 Å². The van der Waals surface area contributed by atoms with Gasteiger partial charge in [-0.3, -0.25) is 23.9 Å². The van der Waals surface area contributed by atoms with Gasteiger partial charge >= 0.3 is 18.0 Å². The summed E-state index contributed by atoms with van der Waals surface area (Å²) in [5.41, 5.74) is 1.95. The largest absolute Gasteiger partial charge is 0.481 e. The van der Waals surface area contributed by atoms with E-state index in [1.807, 2.05) is 27.0 Å². The molecule has 0 aliphatic carbocycles. The van der Waals surface area contributed by atoms with E-state index in [9.17, 15) is 33.9 Å². The molecular weight excluding hydrogens is 775 g/mol. The molecule has 6 N–H and O–H groups in total. The third kappa shape index (κ3) is 25.6. The lowest BCUT2D eigenvalue weighted by atomic mass is 9.92. The highest BCUT2D eigenvalue weighted by Crippen LogP contribution is 2.17. The van der Waals surface area contributed by atoms with Crippen LogP contribution in [-0.4, -0.2) is 113 Å². The van der Waals surface area contributed by atoms with Crippen LogP contribution in [0, 0.1) is 5.41 Å². The monoisotopic (exact) mass is 844 g/mol. The Kier molecular flexibility index (Phi) is 25.8. The fraction of sp³-hybridized carbons (Fsp3) is 0.674. The van der Waals surface area contributed by atoms with E-state index in [1.54, 1.807) is 28.9 Å². The molecule has 336 valence electrons. The van der Waals surface area contributed by atoms with Crippen LogP contribution in [0.25, 0.3) is 0 Å². The van der Waals surface area contributed by atoms with Crippen molar-refractivity contribution in [3.63, 3.8) is 0 Å². The number of unbranched alkanes of at least 4 members (excludes halogenated alkanes) is 7. The van der Waals surface area contributed by atoms with E-state index >= 15 is 0 Å². The summed E-state index contributed by atoms with van der Waals surface area (Å²) in [4.78, 5) is 71.1. The molecule has 60 heavy (non-hydrogen) atoms. The molecule has 4 amide bonds. The predicted octanol–water partition coefficient (Wildman–Crippen LogP) is 5.32. The van der Waals surface area contributed by atoms with Gasteiger partial charge in [0.15, 0.2) is 5.78 Å². The van der Waals surface area contributed by atoms with Gasteiger partial charge in [-0.25, -0.2) is 9.59 Å². The Morgan fingerprint density at radius 3 is 2.00 bits per heavy atom. The van der Waals surface area contributed by atoms with Crippen LogP contribution in [0.1, 0.15) is 143 Å². The smallest absolute Gasteiger partial charge is 0.326 e. The van der Waals surface area contributed by atoms with Crippen molar-refractivity contribution in [3.8, 4) is 0 Å². The quantitative estimate of drug-likeness (QED) is 0.0388. The SMILES string of the molecule is CC(C)(C)CC(=O)NCCOCCCCCOCCNC(=O)c1ccc(C(=O)CCCCCCCc2cn(CCCC[C@H](NC(=O)NCCCC(=O)O)C(=O)O)nn2)cc1. The molecule has 2 rings (SSSR count). The van der Waals surface area contributed by atoms with E-state index in [4.69, 9.17) is 14.6 Å². The predicted molar refractivity (Wildman–Crippen MR) is 226 cm³/mol. The van der Waals surface area contributed by atoms with Crippen LogP contribution in [0.3, 0.4) is 0 Å². The zero-order valence-corrected chi connectivity index (χ0v) is 35.9. The van der Waals surface area contributed by atoms with Crippen molar-refractivity contribution in [1.29, 1.82) is 0 Å². The molecule has 17 heteroatoms. The second kappa shape index (κ2) is 30.2. The molecule has 0 fully saturated rings. The van der Waals surface area contributed by atoms with Crippen molar-refractivity contribution in [3.05, 3.63) is 47.3 Å². The average molecular weight is 844 g/mol. The number of benzene rings is 1. The number of carbonyl (C=O) groups excluding carboxylic acids is 4. The Balaban J connectivity index is 1.46. The minimum absolute atomic E-state index is 0.0242. The maximum atomic E-state index is 12.7. The van der Waals surface area contributed by atoms with E-state index in [2.05, 4.69) is 31.6 Å². The number of nitrogens with one attached hydrogen (secondary N) is 4. The summed E-state index contributed by atoms with van der Waals surface area (Å²) < 4.78 is 12.9. The Bertz CT molecular complexity index is 1580. The number of carboxylic acid groups (broad SMARTS) is 2. The van der Waals surface area contributed by atoms with E-state index in [-0.39, 0.29) is 48.8 Å². The van der Waals surface area contributed by atoms with E-state index in [1.165, 1.54) is 0 Å². The van der Waals surface area contributed by atoms with Gasteiger partial charge in [0.05, 0.1) is 18.9 Å². The summed E-state index contributed by atoms with van der Waals surface area (Å²) in [5.74, 6) is -2.19. The molecule has 1 atom stereocenters. The number of nitrogens with zero attached hydrogens (tertiary/aromatic N) is 3. The fourth-order valence-corrected chi connectivity index (χ4v) is 6.10. The van der Waals surface area contributed by atoms with Gasteiger partial charge in [-0.2, -0.15) is 0 Å². The molecule has 0 aliphatic rings. The molecule has 1 aromatic carbocycles. The number of aryl methyl sites for hydroxylation is 2. The molecule has 1 heterocycles. The summed E-state index contributed by atoms with van der Waals surface area (Å²) in [7, 11) is 0. The highest BCUT2D eigenvalue weighted by atomic mass is 16.5. The van der Waals surface area contributed by atoms with Gasteiger partial charge in [-0.05, 0) is 81.8 Å². The first-order chi connectivity index (χ1) is 28.7. The zero-order valence-electron chi connectivity index (χ0n) is 35.9. The van der Waals surface area contributed by atoms with Gasteiger partial charge < -0.3 is 41.0 Å². The number of ether oxygens (including phenoxy) is 2. The standard InChI is InChI=1S/C43H69N7O10/c1-43(2,3)31-38(52)44-24-29-59-27-12-7-13-28-60-30-25-45-40(55)34-21-19-33(20-22-34)37(51)17-9-6-4-5-8-15-35-32-50(49-48-35)26-11-10-16-36(41(56)57)47-42(58)46-23-14-18-39(53)54/h19-22,32,36H,4-18,23-31H2,1-3H3,(H,44,52)(H,45,55)(H,53,54)(H,56,57)(H2,46,47,58)/t36-/m0/s1. The van der Waals surface area contributed by atoms with Crippen LogP contribution >= 0.6 is 0 Å². The molecule has 2 aromatic rings. The molecule has 0 bridgehead atoms. The Labute approximate surface area is 354 Å². The molecule has 0 aliphatic heterocycles. The molecule has 0 radical (unpaired) electrons. The second-order valence-electron chi connectivity index (χ2n) is 16.2. The fourth-order valence-electron chi connectivity index (χ4n) is 6.10. The summed E-state index contributed by atoms with van der Waals surface area (Å²) in [5, 5.41) is 37.1. The molecule has 0 saturated heterocycles. The number of carboxylic acids is 2. The Hall–Kier alpha value is -4.90. The maximum Gasteiger partial charge on any atom is 0.326 e. The van der Waals surface area contributed by atoms with E-state index < -0.39 is 24.0 Å². The summed E-state index contributed by atoms with van der Waals surface area (Å²) in [6.45, 7) is 9.92. The third-order valence-corrected chi connectivity index (χ3v) is 9.35. The number of amides is 4. The molecule has 17 nitrogen and oxygen atoms in total. The summed E-state index contributed by atoms with van der Waals surface area (Å²) in [6, 6.07) is 5.07. The number of Topliss-reactive ketones (excluding diaryl/α,β-unsaturated/α-hetero) is 1. The van der Waals surface area contributed by atoms with Crippen LogP contribution in [-0.2, 0) is 36.8 Å². The second-order valence-corrected chi connectivity index (χ2v) is 16.2. The van der Waals surface area contributed by atoms with Gasteiger partial charge in [0.2, 0.25) is 5.91 Å². The molecule has 0 unspecified atom stereocenters. The summed E-state index contributed by atoms with van der Waals surface area (Å²) in [6.07, 6.45) is 12.7. The number of hydrogen-bond donors (Lipinski definition) is 6. The highest BCUT2D eigenvalue weighted by Gasteiger charge is 2.19. The number of hydrogen-bond acceptors (Lipinski definition) is 10. The minimum Gasteiger partial charge on any atom is -0.481 e. The molecule has 0 spiro atoms. The van der Waals surface area contributed by atoms with Crippen LogP contribution in [0.5, 0.6) is 0 Å². The third-order valence-electron chi connectivity index (χ3n) is 9.35. The van der Waals surface area contributed by atoms with Gasteiger partial charge in [-0.1, -0.05) is 57.4 Å². The van der Waals surface area contributed by atoms with Gasteiger partial charge in [0.25, 0.3) is 5.91 Å². The Morgan fingerprint density at radius 2 is 1.33 bits per heavy atom. The minimum atomic E-state index is -1.13. The number of rotatable bonds is 34. The van der Waals surface area contributed by atoms with Gasteiger partial charge in [0.1, 0.15) is 6.04 Å². The lowest BCUT2D eigenvalue weighted by Crippen LogP contribution is -2.46. The van der Waals surface area contributed by atoms with E-state index in [0.717, 1.165) is 63.5 Å². The van der Waals surface area contributed by atoms with Crippen LogP contribution in [0.15, 0.2) is 30.5 Å². The number of urea groups is 1. The van der Waals surface area contributed by atoms with Crippen LogP contribution < -0.4 is 21.3 Å². The Morgan fingerprint density at radius 1 is 0.700 bits per heavy atom. The first-order valence-corrected chi connectivity index (χ1v) is 21.4. The molecule has 0 saturated carbocycles. The van der Waals surface area contributed by atoms with Crippen LogP contribution in [0.4, 0.5) is 4.79 Å². The summed E-state index contributed by atoms with van der Waals surface area (Å²) >= 11 is 0. The van der Waals surface area contributed by atoms with Gasteiger partial charge in [0, 0.05) is 76.0 Å². The maximum absolute atomic E-state index is 12.7. The number of aliphatic carboxylic acids is 2. The van der Waals surface area contributed by atoms with E-state index in [0.29, 0.717) is 82.9 Å². The topological polar surface area (TPSA) is 240 Å². The highest BCUT2D eigenvalue weighted by molar-refractivity contribution is 5.98. The number of aromatic nitrogens is 3. The van der Waals surface area contributed by atoms with Crippen molar-refractivity contribution >= 4 is 35.6 Å². The first-order valence-electron chi connectivity index (χ1n) is 21.4. The number of ketones is 1. The van der Waals surface area contributed by atoms with Gasteiger partial charge in [-0.15, -0.1) is 5.10 Å². The molecule has 1 aromatic heterocycles. The lowest BCUT2D eigenvalue weighted by molar-refractivity contribution is -0.139. The molecular formula is C43H69N7O10. The average Bonchev–Trinajstić information content (AvgIpc) is 3.65. The van der Waals surface area contributed by atoms with Crippen LogP contribution in [0.2, 0.25) is 0 Å². The zero-order chi connectivity index (χ0) is 44.0. The van der Waals surface area contributed by atoms with Crippen molar-refractivity contribution in [2.45, 2.75) is 136 Å². The first kappa shape index (κ1) is 51.2. The number of carbonyl (C=O) groups is 6. The van der Waals surface area contributed by atoms with Crippen molar-refractivity contribution < 1.29 is 48.5 Å².